The summed E-state index contributed by atoms with van der Waals surface area (Å²) in [6, 6.07) is 6.87. The van der Waals surface area contributed by atoms with Gasteiger partial charge in [-0.1, -0.05) is 39.0 Å². The highest BCUT2D eigenvalue weighted by atomic mass is 16.3. The van der Waals surface area contributed by atoms with Crippen molar-refractivity contribution < 1.29 is 5.11 Å². The molecule has 1 aromatic carbocycles. The van der Waals surface area contributed by atoms with E-state index >= 15 is 0 Å². The molecule has 1 aliphatic carbocycles. The molecule has 0 spiro atoms. The van der Waals surface area contributed by atoms with E-state index in [4.69, 9.17) is 0 Å². The molecule has 4 rings (SSSR count). The third kappa shape index (κ3) is 2.04. The van der Waals surface area contributed by atoms with Crippen LogP contribution >= 0.6 is 0 Å². The molecule has 0 bridgehead atoms. The lowest BCUT2D eigenvalue weighted by molar-refractivity contribution is -0.0113. The first-order chi connectivity index (χ1) is 11.3. The number of likely N-dealkylation sites (N-methyl/N-ethyl adjacent to an activating group) is 1. The van der Waals surface area contributed by atoms with Gasteiger partial charge in [0.2, 0.25) is 0 Å². The van der Waals surface area contributed by atoms with Gasteiger partial charge in [0, 0.05) is 40.5 Å². The van der Waals surface area contributed by atoms with E-state index in [0.717, 1.165) is 13.0 Å². The normalized spacial score (nSPS) is 30.4. The highest BCUT2D eigenvalue weighted by Crippen LogP contribution is 2.47. The molecule has 2 heterocycles. The molecule has 2 aromatic rings. The van der Waals surface area contributed by atoms with E-state index in [1.54, 1.807) is 0 Å². The van der Waals surface area contributed by atoms with Crippen LogP contribution in [0.5, 0.6) is 0 Å². The van der Waals surface area contributed by atoms with E-state index in [-0.39, 0.29) is 17.4 Å². The molecule has 2 aliphatic rings. The molecule has 0 unspecified atom stereocenters. The van der Waals surface area contributed by atoms with Crippen LogP contribution in [0, 0.1) is 5.92 Å². The van der Waals surface area contributed by atoms with Crippen molar-refractivity contribution in [3.8, 4) is 0 Å². The number of hydrogen-bond donors (Lipinski definition) is 2. The third-order valence-corrected chi connectivity index (χ3v) is 6.39. The summed E-state index contributed by atoms with van der Waals surface area (Å²) < 4.78 is 0. The molecule has 1 aliphatic heterocycles. The van der Waals surface area contributed by atoms with Gasteiger partial charge in [0.15, 0.2) is 0 Å². The van der Waals surface area contributed by atoms with Gasteiger partial charge in [-0.25, -0.2) is 0 Å². The van der Waals surface area contributed by atoms with Crippen LogP contribution < -0.4 is 0 Å². The van der Waals surface area contributed by atoms with Crippen LogP contribution in [0.1, 0.15) is 43.5 Å². The molecule has 0 saturated carbocycles. The SMILES string of the molecule is C=CC(C)(C)c1[nH]c2cccc3c2c1C[C@@H]1[C@@H]3[C@@H](O)[C@@H](C)CN1C. The van der Waals surface area contributed by atoms with Crippen LogP contribution in [0.3, 0.4) is 0 Å². The molecule has 128 valence electrons. The van der Waals surface area contributed by atoms with Gasteiger partial charge >= 0.3 is 0 Å². The molecule has 24 heavy (non-hydrogen) atoms. The monoisotopic (exact) mass is 324 g/mol. The zero-order valence-corrected chi connectivity index (χ0v) is 15.1. The summed E-state index contributed by atoms with van der Waals surface area (Å²) >= 11 is 0. The standard InChI is InChI=1S/C21H28N2O/c1-6-21(3,4)20-14-10-16-18(19(24)12(2)11-23(16)5)13-8-7-9-15(22-20)17(13)14/h6-9,12,16,18-19,22,24H,1,10-11H2,2-5H3/t12-,16+,18+,19-/m0/s1. The molecule has 1 aromatic heterocycles. The molecule has 0 radical (unpaired) electrons. The summed E-state index contributed by atoms with van der Waals surface area (Å²) in [5.41, 5.74) is 5.11. The summed E-state index contributed by atoms with van der Waals surface area (Å²) in [4.78, 5) is 6.11. The number of fused-ring (bicyclic) bond motifs is 2. The smallest absolute Gasteiger partial charge is 0.0661 e. The van der Waals surface area contributed by atoms with Gasteiger partial charge in [-0.05, 0) is 36.6 Å². The number of rotatable bonds is 2. The topological polar surface area (TPSA) is 39.3 Å². The largest absolute Gasteiger partial charge is 0.392 e. The molecule has 1 fully saturated rings. The Morgan fingerprint density at radius 1 is 1.38 bits per heavy atom. The first-order valence-corrected chi connectivity index (χ1v) is 9.01. The van der Waals surface area contributed by atoms with Crippen molar-refractivity contribution in [2.24, 2.45) is 5.92 Å². The van der Waals surface area contributed by atoms with E-state index in [2.05, 4.69) is 62.5 Å². The number of likely N-dealkylation sites (tertiary alicyclic amines) is 1. The van der Waals surface area contributed by atoms with Crippen molar-refractivity contribution in [3.05, 3.63) is 47.7 Å². The molecule has 3 nitrogen and oxygen atoms in total. The van der Waals surface area contributed by atoms with Crippen LogP contribution in [0.15, 0.2) is 30.9 Å². The van der Waals surface area contributed by atoms with Crippen LogP contribution in [0.4, 0.5) is 0 Å². The van der Waals surface area contributed by atoms with Gasteiger partial charge in [-0.15, -0.1) is 6.58 Å². The van der Waals surface area contributed by atoms with Crippen molar-refractivity contribution in [2.45, 2.75) is 50.7 Å². The number of aromatic nitrogens is 1. The third-order valence-electron chi connectivity index (χ3n) is 6.39. The maximum absolute atomic E-state index is 10.9. The number of hydrogen-bond acceptors (Lipinski definition) is 2. The second-order valence-corrected chi connectivity index (χ2v) is 8.38. The van der Waals surface area contributed by atoms with Crippen LogP contribution in [0.2, 0.25) is 0 Å². The molecular weight excluding hydrogens is 296 g/mol. The van der Waals surface area contributed by atoms with Crippen LogP contribution in [0.25, 0.3) is 10.9 Å². The number of aliphatic hydroxyl groups is 1. The summed E-state index contributed by atoms with van der Waals surface area (Å²) in [7, 11) is 2.20. The second kappa shape index (κ2) is 5.21. The first-order valence-electron chi connectivity index (χ1n) is 9.01. The summed E-state index contributed by atoms with van der Waals surface area (Å²) in [5.74, 6) is 0.501. The summed E-state index contributed by atoms with van der Waals surface area (Å²) in [6.07, 6.45) is 2.76. The Labute approximate surface area is 144 Å². The van der Waals surface area contributed by atoms with E-state index in [1.807, 2.05) is 6.08 Å². The minimum Gasteiger partial charge on any atom is -0.392 e. The first kappa shape index (κ1) is 15.9. The number of aliphatic hydroxyl groups excluding tert-OH is 1. The highest BCUT2D eigenvalue weighted by Gasteiger charge is 2.45. The van der Waals surface area contributed by atoms with E-state index in [1.165, 1.54) is 27.7 Å². The summed E-state index contributed by atoms with van der Waals surface area (Å²) in [6.45, 7) is 11.6. The van der Waals surface area contributed by atoms with Gasteiger partial charge in [0.1, 0.15) is 0 Å². The number of nitrogens with zero attached hydrogens (tertiary/aromatic N) is 1. The van der Waals surface area contributed by atoms with Crippen molar-refractivity contribution >= 4 is 10.9 Å². The average Bonchev–Trinajstić information content (AvgIpc) is 2.94. The lowest BCUT2D eigenvalue weighted by Gasteiger charge is -2.48. The quantitative estimate of drug-likeness (QED) is 0.829. The Balaban J connectivity index is 1.98. The van der Waals surface area contributed by atoms with Crippen LogP contribution in [-0.2, 0) is 11.8 Å². The lowest BCUT2D eigenvalue weighted by Crippen LogP contribution is -2.54. The summed E-state index contributed by atoms with van der Waals surface area (Å²) in [5, 5.41) is 12.3. The van der Waals surface area contributed by atoms with Gasteiger partial charge in [0.05, 0.1) is 6.10 Å². The number of nitrogens with one attached hydrogen (secondary N) is 1. The number of aromatic amines is 1. The van der Waals surface area contributed by atoms with Gasteiger partial charge < -0.3 is 15.0 Å². The fourth-order valence-corrected chi connectivity index (χ4v) is 4.92. The van der Waals surface area contributed by atoms with E-state index in [9.17, 15) is 5.11 Å². The molecule has 3 heteroatoms. The number of H-pyrrole nitrogens is 1. The number of piperidine rings is 1. The van der Waals surface area contributed by atoms with E-state index in [0.29, 0.717) is 12.0 Å². The minimum absolute atomic E-state index is 0.0857. The Morgan fingerprint density at radius 3 is 2.83 bits per heavy atom. The average molecular weight is 324 g/mol. The fourth-order valence-electron chi connectivity index (χ4n) is 4.92. The van der Waals surface area contributed by atoms with E-state index < -0.39 is 0 Å². The molecule has 0 amide bonds. The Kier molecular flexibility index (Phi) is 3.45. The lowest BCUT2D eigenvalue weighted by atomic mass is 9.69. The predicted molar refractivity (Wildman–Crippen MR) is 99.6 cm³/mol. The number of benzene rings is 1. The van der Waals surface area contributed by atoms with Gasteiger partial charge in [0.25, 0.3) is 0 Å². The molecular formula is C21H28N2O. The fraction of sp³-hybridized carbons (Fsp3) is 0.524. The van der Waals surface area contributed by atoms with Crippen molar-refractivity contribution in [1.29, 1.82) is 0 Å². The maximum atomic E-state index is 10.9. The second-order valence-electron chi connectivity index (χ2n) is 8.38. The Morgan fingerprint density at radius 2 is 2.12 bits per heavy atom. The Hall–Kier alpha value is -1.58. The van der Waals surface area contributed by atoms with Gasteiger partial charge in [-0.3, -0.25) is 0 Å². The zero-order chi connectivity index (χ0) is 17.2. The number of allylic oxidation sites excluding steroid dienone is 1. The molecule has 1 saturated heterocycles. The van der Waals surface area contributed by atoms with Crippen molar-refractivity contribution in [1.82, 2.24) is 9.88 Å². The molecule has 2 N–H and O–H groups in total. The predicted octanol–water partition coefficient (Wildman–Crippen LogP) is 3.58. The van der Waals surface area contributed by atoms with Gasteiger partial charge in [-0.2, -0.15) is 0 Å². The van der Waals surface area contributed by atoms with Crippen molar-refractivity contribution in [2.75, 3.05) is 13.6 Å². The molecule has 4 atom stereocenters. The maximum Gasteiger partial charge on any atom is 0.0661 e. The minimum atomic E-state index is -0.268. The van der Waals surface area contributed by atoms with Crippen LogP contribution in [-0.4, -0.2) is 40.7 Å². The van der Waals surface area contributed by atoms with Crippen molar-refractivity contribution in [3.63, 3.8) is 0 Å². The highest BCUT2D eigenvalue weighted by molar-refractivity contribution is 5.90. The Bertz CT molecular complexity index is 804. The zero-order valence-electron chi connectivity index (χ0n) is 15.1.